The van der Waals surface area contributed by atoms with Gasteiger partial charge in [-0.05, 0) is 18.1 Å². The van der Waals surface area contributed by atoms with Gasteiger partial charge < -0.3 is 14.5 Å². The Balaban J connectivity index is 2.67. The number of carbonyl (C=O) groups excluding carboxylic acids is 2. The van der Waals surface area contributed by atoms with Crippen molar-refractivity contribution in [2.75, 3.05) is 0 Å². The van der Waals surface area contributed by atoms with Gasteiger partial charge in [0.15, 0.2) is 14.4 Å². The van der Waals surface area contributed by atoms with Crippen molar-refractivity contribution in [1.82, 2.24) is 5.32 Å². The molecular weight excluding hydrogens is 238 g/mol. The van der Waals surface area contributed by atoms with E-state index in [-0.39, 0.29) is 10.9 Å². The minimum Gasteiger partial charge on any atom is -0.438 e. The molecule has 0 radical (unpaired) electrons. The fraction of sp³-hybridized carbons (Fsp3) is 0.818. The van der Waals surface area contributed by atoms with Crippen LogP contribution in [-0.4, -0.2) is 32.5 Å². The van der Waals surface area contributed by atoms with Crippen LogP contribution in [0.15, 0.2) is 0 Å². The Labute approximate surface area is 103 Å². The minimum absolute atomic E-state index is 0.0175. The maximum atomic E-state index is 11.4. The lowest BCUT2D eigenvalue weighted by Crippen LogP contribution is -2.67. The molecular formula is C11H21NO4Si. The van der Waals surface area contributed by atoms with Crippen LogP contribution in [0.3, 0.4) is 0 Å². The fourth-order valence-corrected chi connectivity index (χ4v) is 2.44. The summed E-state index contributed by atoms with van der Waals surface area (Å²) in [4.78, 5) is 22.3. The smallest absolute Gasteiger partial charge is 0.304 e. The van der Waals surface area contributed by atoms with Crippen molar-refractivity contribution in [2.24, 2.45) is 0 Å². The zero-order valence-corrected chi connectivity index (χ0v) is 12.3. The molecule has 5 nitrogen and oxygen atoms in total. The molecule has 1 N–H and O–H groups in total. The van der Waals surface area contributed by atoms with Crippen molar-refractivity contribution < 1.29 is 18.8 Å². The molecule has 2 atom stereocenters. The summed E-state index contributed by atoms with van der Waals surface area (Å²) in [6, 6.07) is 0. The molecule has 6 heteroatoms. The Morgan fingerprint density at radius 1 is 1.35 bits per heavy atom. The largest absolute Gasteiger partial charge is 0.438 e. The molecule has 98 valence electrons. The van der Waals surface area contributed by atoms with Crippen LogP contribution in [0.1, 0.15) is 27.7 Å². The molecule has 0 aliphatic carbocycles. The number of hydrogen-bond donors (Lipinski definition) is 1. The molecule has 17 heavy (non-hydrogen) atoms. The maximum Gasteiger partial charge on any atom is 0.304 e. The topological polar surface area (TPSA) is 64.6 Å². The Morgan fingerprint density at radius 2 is 1.88 bits per heavy atom. The molecule has 1 heterocycles. The number of ether oxygens (including phenoxy) is 1. The molecule has 1 amide bonds. The number of rotatable bonds is 3. The van der Waals surface area contributed by atoms with Crippen LogP contribution in [0.5, 0.6) is 0 Å². The van der Waals surface area contributed by atoms with E-state index in [4.69, 9.17) is 9.16 Å². The van der Waals surface area contributed by atoms with Gasteiger partial charge >= 0.3 is 5.97 Å². The van der Waals surface area contributed by atoms with Gasteiger partial charge in [0, 0.05) is 6.92 Å². The second-order valence-corrected chi connectivity index (χ2v) is 10.6. The zero-order valence-electron chi connectivity index (χ0n) is 11.3. The van der Waals surface area contributed by atoms with Crippen LogP contribution >= 0.6 is 0 Å². The number of amides is 1. The van der Waals surface area contributed by atoms with Crippen molar-refractivity contribution in [1.29, 1.82) is 0 Å². The molecule has 0 bridgehead atoms. The first kappa shape index (κ1) is 14.2. The first-order valence-electron chi connectivity index (χ1n) is 5.70. The number of β-lactam (4-membered cyclic amide) rings is 1. The van der Waals surface area contributed by atoms with E-state index in [1.165, 1.54) is 6.92 Å². The van der Waals surface area contributed by atoms with Crippen LogP contribution < -0.4 is 5.32 Å². The monoisotopic (exact) mass is 259 g/mol. The Morgan fingerprint density at radius 3 is 2.24 bits per heavy atom. The second kappa shape index (κ2) is 4.42. The van der Waals surface area contributed by atoms with Crippen molar-refractivity contribution in [3.05, 3.63) is 0 Å². The third kappa shape index (κ3) is 3.07. The van der Waals surface area contributed by atoms with Gasteiger partial charge in [0.25, 0.3) is 5.91 Å². The minimum atomic E-state index is -2.02. The van der Waals surface area contributed by atoms with Crippen molar-refractivity contribution in [3.63, 3.8) is 0 Å². The highest BCUT2D eigenvalue weighted by atomic mass is 28.4. The SMILES string of the molecule is CC(=O)O[C@H]1NC(=O)[C@H]1O[Si](C)(C)C(C)(C)C. The van der Waals surface area contributed by atoms with Gasteiger partial charge in [-0.25, -0.2) is 0 Å². The van der Waals surface area contributed by atoms with Gasteiger partial charge in [0.05, 0.1) is 0 Å². The molecule has 1 fully saturated rings. The average Bonchev–Trinajstić information content (AvgIpc) is 2.11. The van der Waals surface area contributed by atoms with Crippen LogP contribution in [0.2, 0.25) is 18.1 Å². The molecule has 0 unspecified atom stereocenters. The average molecular weight is 259 g/mol. The van der Waals surface area contributed by atoms with Crippen LogP contribution in [-0.2, 0) is 18.8 Å². The molecule has 0 spiro atoms. The van der Waals surface area contributed by atoms with Gasteiger partial charge in [-0.15, -0.1) is 0 Å². The number of carbonyl (C=O) groups is 2. The first-order chi connectivity index (χ1) is 7.54. The molecule has 1 aliphatic heterocycles. The van der Waals surface area contributed by atoms with E-state index in [0.717, 1.165) is 0 Å². The van der Waals surface area contributed by atoms with Gasteiger partial charge in [-0.3, -0.25) is 9.59 Å². The van der Waals surface area contributed by atoms with E-state index in [1.54, 1.807) is 0 Å². The first-order valence-corrected chi connectivity index (χ1v) is 8.61. The molecule has 1 aliphatic rings. The summed E-state index contributed by atoms with van der Waals surface area (Å²) in [5, 5.41) is 2.53. The van der Waals surface area contributed by atoms with Gasteiger partial charge in [-0.2, -0.15) is 0 Å². The van der Waals surface area contributed by atoms with Gasteiger partial charge in [0.1, 0.15) is 0 Å². The number of nitrogens with one attached hydrogen (secondary N) is 1. The normalized spacial score (nSPS) is 24.9. The molecule has 0 saturated carbocycles. The molecule has 0 aromatic heterocycles. The summed E-state index contributed by atoms with van der Waals surface area (Å²) in [6.07, 6.45) is -1.28. The molecule has 1 rings (SSSR count). The standard InChI is InChI=1S/C11H21NO4Si/c1-7(13)15-10-8(9(14)12-10)16-17(5,6)11(2,3)4/h8,10H,1-6H3,(H,12,14)/t8-,10-/m1/s1. The maximum absolute atomic E-state index is 11.4. The lowest BCUT2D eigenvalue weighted by Gasteiger charge is -2.44. The highest BCUT2D eigenvalue weighted by Crippen LogP contribution is 2.38. The van der Waals surface area contributed by atoms with E-state index in [2.05, 4.69) is 39.2 Å². The predicted octanol–water partition coefficient (Wildman–Crippen LogP) is 1.40. The highest BCUT2D eigenvalue weighted by Gasteiger charge is 2.49. The van der Waals surface area contributed by atoms with E-state index in [1.807, 2.05) is 0 Å². The summed E-state index contributed by atoms with van der Waals surface area (Å²) in [5.41, 5.74) is 0. The van der Waals surface area contributed by atoms with Crippen LogP contribution in [0, 0.1) is 0 Å². The van der Waals surface area contributed by atoms with Crippen LogP contribution in [0.4, 0.5) is 0 Å². The molecule has 1 saturated heterocycles. The fourth-order valence-electron chi connectivity index (χ4n) is 1.22. The van der Waals surface area contributed by atoms with Crippen molar-refractivity contribution in [2.45, 2.75) is 58.2 Å². The van der Waals surface area contributed by atoms with Gasteiger partial charge in [-0.1, -0.05) is 20.8 Å². The van der Waals surface area contributed by atoms with Gasteiger partial charge in [0.2, 0.25) is 6.23 Å². The lowest BCUT2D eigenvalue weighted by atomic mass is 10.2. The summed E-state index contributed by atoms with van der Waals surface area (Å²) in [6.45, 7) is 11.7. The molecule has 0 aromatic rings. The Hall–Kier alpha value is -0.883. The van der Waals surface area contributed by atoms with E-state index < -0.39 is 26.6 Å². The number of esters is 1. The van der Waals surface area contributed by atoms with E-state index in [9.17, 15) is 9.59 Å². The second-order valence-electron chi connectivity index (χ2n) is 5.84. The summed E-state index contributed by atoms with van der Waals surface area (Å²) in [5.74, 6) is -0.625. The van der Waals surface area contributed by atoms with Crippen LogP contribution in [0.25, 0.3) is 0 Å². The predicted molar refractivity (Wildman–Crippen MR) is 65.8 cm³/mol. The van der Waals surface area contributed by atoms with E-state index >= 15 is 0 Å². The Bertz CT molecular complexity index is 335. The molecule has 0 aromatic carbocycles. The third-order valence-corrected chi connectivity index (χ3v) is 7.79. The Kier molecular flexibility index (Phi) is 3.68. The zero-order chi connectivity index (χ0) is 13.4. The third-order valence-electron chi connectivity index (χ3n) is 3.34. The quantitative estimate of drug-likeness (QED) is 0.472. The van der Waals surface area contributed by atoms with E-state index in [0.29, 0.717) is 0 Å². The summed E-state index contributed by atoms with van der Waals surface area (Å²) in [7, 11) is -2.02. The lowest BCUT2D eigenvalue weighted by molar-refractivity contribution is -0.174. The highest BCUT2D eigenvalue weighted by molar-refractivity contribution is 6.74. The summed E-state index contributed by atoms with van der Waals surface area (Å²) < 4.78 is 10.9. The van der Waals surface area contributed by atoms with Crippen molar-refractivity contribution in [3.8, 4) is 0 Å². The number of hydrogen-bond acceptors (Lipinski definition) is 4. The summed E-state index contributed by atoms with van der Waals surface area (Å²) >= 11 is 0. The van der Waals surface area contributed by atoms with Crippen molar-refractivity contribution >= 4 is 20.2 Å².